The molecule has 1 aliphatic carbocycles. The minimum absolute atomic E-state index is 0.0420. The molecule has 3 aromatic carbocycles. The normalized spacial score (nSPS) is 17.2. The second kappa shape index (κ2) is 10.4. The van der Waals surface area contributed by atoms with Crippen LogP contribution in [0.5, 0.6) is 11.5 Å². The Bertz CT molecular complexity index is 1590. The number of esters is 1. The van der Waals surface area contributed by atoms with Crippen molar-refractivity contribution in [2.75, 3.05) is 13.7 Å². The summed E-state index contributed by atoms with van der Waals surface area (Å²) < 4.78 is 32.3. The van der Waals surface area contributed by atoms with Gasteiger partial charge in [0.25, 0.3) is 0 Å². The van der Waals surface area contributed by atoms with Gasteiger partial charge >= 0.3 is 5.97 Å². The van der Waals surface area contributed by atoms with Gasteiger partial charge in [-0.1, -0.05) is 12.1 Å². The van der Waals surface area contributed by atoms with Gasteiger partial charge in [-0.3, -0.25) is 14.8 Å². The van der Waals surface area contributed by atoms with Crippen molar-refractivity contribution < 1.29 is 23.4 Å². The van der Waals surface area contributed by atoms with Crippen molar-refractivity contribution in [3.8, 4) is 33.9 Å². The van der Waals surface area contributed by atoms with Crippen LogP contribution >= 0.6 is 0 Å². The predicted molar refractivity (Wildman–Crippen MR) is 150 cm³/mol. The van der Waals surface area contributed by atoms with Crippen molar-refractivity contribution in [2.24, 2.45) is 0 Å². The zero-order valence-corrected chi connectivity index (χ0v) is 23.1. The van der Waals surface area contributed by atoms with E-state index in [0.29, 0.717) is 30.1 Å². The molecule has 7 heteroatoms. The fraction of sp³-hybridized carbons (Fsp3) is 0.303. The fourth-order valence-electron chi connectivity index (χ4n) is 6.05. The van der Waals surface area contributed by atoms with Gasteiger partial charge in [-0.25, -0.2) is 4.39 Å². The maximum Gasteiger partial charge on any atom is 0.306 e. The third-order valence-electron chi connectivity index (χ3n) is 7.95. The number of aromatic nitrogens is 2. The van der Waals surface area contributed by atoms with Gasteiger partial charge in [0.15, 0.2) is 0 Å². The molecule has 0 N–H and O–H groups in total. The SMILES string of the molecule is COC(=O)CC1COc2cc(OC3CCc4c(-c5c(C)cc(-c6cnc(C)cn6)cc5C)ccc(F)c43)ccc21. The van der Waals surface area contributed by atoms with E-state index in [2.05, 4.69) is 35.9 Å². The lowest BCUT2D eigenvalue weighted by Crippen LogP contribution is -2.09. The molecule has 1 aromatic heterocycles. The molecular formula is C33H31FN2O4. The maximum absolute atomic E-state index is 15.3. The number of nitrogens with zero attached hydrogens (tertiary/aromatic N) is 2. The summed E-state index contributed by atoms with van der Waals surface area (Å²) >= 11 is 0. The highest BCUT2D eigenvalue weighted by molar-refractivity contribution is 5.79. The average molecular weight is 539 g/mol. The molecule has 0 saturated heterocycles. The van der Waals surface area contributed by atoms with Crippen LogP contribution in [-0.2, 0) is 16.0 Å². The van der Waals surface area contributed by atoms with Gasteiger partial charge in [0, 0.05) is 34.9 Å². The summed E-state index contributed by atoms with van der Waals surface area (Å²) in [6.45, 7) is 6.52. The van der Waals surface area contributed by atoms with Crippen LogP contribution in [0.1, 0.15) is 58.4 Å². The third-order valence-corrected chi connectivity index (χ3v) is 7.95. The Morgan fingerprint density at radius 2 is 1.85 bits per heavy atom. The number of rotatable bonds is 6. The number of carbonyl (C=O) groups excluding carboxylic acids is 1. The minimum atomic E-state index is -0.400. The Labute approximate surface area is 233 Å². The van der Waals surface area contributed by atoms with E-state index >= 15 is 4.39 Å². The number of hydrogen-bond donors (Lipinski definition) is 0. The Hall–Kier alpha value is -4.26. The van der Waals surface area contributed by atoms with Gasteiger partial charge in [-0.2, -0.15) is 0 Å². The molecule has 2 unspecified atom stereocenters. The second-order valence-electron chi connectivity index (χ2n) is 10.6. The molecule has 0 fully saturated rings. The van der Waals surface area contributed by atoms with Crippen LogP contribution < -0.4 is 9.47 Å². The van der Waals surface area contributed by atoms with Crippen molar-refractivity contribution in [3.63, 3.8) is 0 Å². The van der Waals surface area contributed by atoms with Crippen molar-refractivity contribution in [1.82, 2.24) is 9.97 Å². The number of benzene rings is 3. The minimum Gasteiger partial charge on any atom is -0.492 e. The number of methoxy groups -OCH3 is 1. The van der Waals surface area contributed by atoms with Crippen molar-refractivity contribution >= 4 is 5.97 Å². The van der Waals surface area contributed by atoms with Crippen molar-refractivity contribution in [3.05, 3.63) is 94.2 Å². The molecule has 6 nitrogen and oxygen atoms in total. The standard InChI is InChI=1S/C33H31FN2O4/c1-18-11-21(28-16-35-20(3)15-36-28)12-19(2)32(18)25-7-9-27(34)33-26(25)8-10-29(33)40-23-5-6-24-22(13-31(37)38-4)17-39-30(24)14-23/h5-7,9,11-12,14-16,22,29H,8,10,13,17H2,1-4H3. The first-order valence-electron chi connectivity index (χ1n) is 13.5. The number of hydrogen-bond acceptors (Lipinski definition) is 6. The highest BCUT2D eigenvalue weighted by Crippen LogP contribution is 2.45. The quantitative estimate of drug-likeness (QED) is 0.247. The van der Waals surface area contributed by atoms with Gasteiger partial charge in [0.2, 0.25) is 0 Å². The summed E-state index contributed by atoms with van der Waals surface area (Å²) in [4.78, 5) is 20.7. The Morgan fingerprint density at radius 1 is 1.05 bits per heavy atom. The van der Waals surface area contributed by atoms with Crippen LogP contribution in [0.3, 0.4) is 0 Å². The second-order valence-corrected chi connectivity index (χ2v) is 10.6. The van der Waals surface area contributed by atoms with Gasteiger partial charge < -0.3 is 14.2 Å². The first-order valence-corrected chi connectivity index (χ1v) is 13.5. The summed E-state index contributed by atoms with van der Waals surface area (Å²) in [7, 11) is 1.39. The summed E-state index contributed by atoms with van der Waals surface area (Å²) in [6, 6.07) is 13.3. The predicted octanol–water partition coefficient (Wildman–Crippen LogP) is 6.98. The Morgan fingerprint density at radius 3 is 2.58 bits per heavy atom. The first-order chi connectivity index (χ1) is 19.3. The van der Waals surface area contributed by atoms with Crippen LogP contribution in [0.4, 0.5) is 4.39 Å². The van der Waals surface area contributed by atoms with Crippen molar-refractivity contribution in [1.29, 1.82) is 0 Å². The molecule has 0 bridgehead atoms. The molecule has 2 atom stereocenters. The Balaban J connectivity index is 1.29. The summed E-state index contributed by atoms with van der Waals surface area (Å²) in [5, 5.41) is 0. The molecule has 0 spiro atoms. The van der Waals surface area contributed by atoms with Gasteiger partial charge in [0.05, 0.1) is 37.7 Å². The van der Waals surface area contributed by atoms with Crippen LogP contribution in [0.25, 0.3) is 22.4 Å². The molecule has 0 saturated carbocycles. The largest absolute Gasteiger partial charge is 0.492 e. The van der Waals surface area contributed by atoms with E-state index in [1.54, 1.807) is 18.5 Å². The number of fused-ring (bicyclic) bond motifs is 2. The van der Waals surface area contributed by atoms with Gasteiger partial charge in [0.1, 0.15) is 23.4 Å². The number of ether oxygens (including phenoxy) is 3. The summed E-state index contributed by atoms with van der Waals surface area (Å²) in [6.07, 6.45) is 4.84. The van der Waals surface area contributed by atoms with Crippen molar-refractivity contribution in [2.45, 2.75) is 52.1 Å². The monoisotopic (exact) mass is 538 g/mol. The molecule has 2 aliphatic rings. The molecule has 1 aliphatic heterocycles. The zero-order valence-electron chi connectivity index (χ0n) is 23.1. The molecule has 4 aromatic rings. The van der Waals surface area contributed by atoms with E-state index in [1.807, 2.05) is 31.2 Å². The smallest absolute Gasteiger partial charge is 0.306 e. The molecule has 6 rings (SSSR count). The van der Waals surface area contributed by atoms with Crippen LogP contribution in [-0.4, -0.2) is 29.7 Å². The molecule has 0 radical (unpaired) electrons. The maximum atomic E-state index is 15.3. The van der Waals surface area contributed by atoms with Gasteiger partial charge in [-0.05, 0) is 85.7 Å². The summed E-state index contributed by atoms with van der Waals surface area (Å²) in [5.74, 6) is 0.761. The summed E-state index contributed by atoms with van der Waals surface area (Å²) in [5.41, 5.74) is 9.66. The van der Waals surface area contributed by atoms with E-state index in [1.165, 1.54) is 7.11 Å². The lowest BCUT2D eigenvalue weighted by atomic mass is 9.88. The van der Waals surface area contributed by atoms with Crippen LogP contribution in [0.15, 0.2) is 54.9 Å². The topological polar surface area (TPSA) is 70.5 Å². The molecule has 2 heterocycles. The highest BCUT2D eigenvalue weighted by atomic mass is 19.1. The van der Waals surface area contributed by atoms with E-state index in [-0.39, 0.29) is 24.1 Å². The highest BCUT2D eigenvalue weighted by Gasteiger charge is 2.32. The average Bonchev–Trinajstić information content (AvgIpc) is 3.54. The lowest BCUT2D eigenvalue weighted by Gasteiger charge is -2.19. The zero-order chi connectivity index (χ0) is 28.0. The molecule has 0 amide bonds. The Kier molecular flexibility index (Phi) is 6.74. The molecule has 40 heavy (non-hydrogen) atoms. The lowest BCUT2D eigenvalue weighted by molar-refractivity contribution is -0.141. The van der Waals surface area contributed by atoms with E-state index in [4.69, 9.17) is 14.2 Å². The van der Waals surface area contributed by atoms with Crippen LogP contribution in [0, 0.1) is 26.6 Å². The van der Waals surface area contributed by atoms with E-state index in [0.717, 1.165) is 56.8 Å². The van der Waals surface area contributed by atoms with Gasteiger partial charge in [-0.15, -0.1) is 0 Å². The molecular weight excluding hydrogens is 507 g/mol. The fourth-order valence-corrected chi connectivity index (χ4v) is 6.05. The van der Waals surface area contributed by atoms with E-state index < -0.39 is 6.10 Å². The first kappa shape index (κ1) is 26.0. The number of carbonyl (C=O) groups is 1. The molecule has 204 valence electrons. The number of aryl methyl sites for hydroxylation is 3. The van der Waals surface area contributed by atoms with Crippen LogP contribution in [0.2, 0.25) is 0 Å². The third kappa shape index (κ3) is 4.70. The van der Waals surface area contributed by atoms with E-state index in [9.17, 15) is 4.79 Å². The number of halogens is 1.